The predicted molar refractivity (Wildman–Crippen MR) is 76.0 cm³/mol. The molecule has 2 rings (SSSR count). The summed E-state index contributed by atoms with van der Waals surface area (Å²) in [5.74, 6) is 1.64. The molecule has 1 aromatic carbocycles. The quantitative estimate of drug-likeness (QED) is 0.834. The second kappa shape index (κ2) is 6.61. The molecule has 20 heavy (non-hydrogen) atoms. The van der Waals surface area contributed by atoms with Gasteiger partial charge in [-0.3, -0.25) is 4.79 Å². The van der Waals surface area contributed by atoms with E-state index >= 15 is 0 Å². The summed E-state index contributed by atoms with van der Waals surface area (Å²) in [7, 11) is 4.64. The number of ketones is 1. The molecule has 0 amide bonds. The highest BCUT2D eigenvalue weighted by atomic mass is 16.5. The van der Waals surface area contributed by atoms with Crippen molar-refractivity contribution in [2.24, 2.45) is 5.92 Å². The lowest BCUT2D eigenvalue weighted by molar-refractivity contribution is 0.0891. The molecular formula is C15H21NO4. The maximum atomic E-state index is 12.6. The number of carbonyl (C=O) groups excluding carboxylic acids is 1. The van der Waals surface area contributed by atoms with E-state index in [0.717, 1.165) is 25.9 Å². The standard InChI is InChI=1S/C15H21NO4/c1-18-12-5-4-11(14(19-2)15(12)20-3)13(17)10-6-8-16-9-7-10/h4-5,10,16H,6-9H2,1-3H3. The van der Waals surface area contributed by atoms with Crippen LogP contribution >= 0.6 is 0 Å². The Morgan fingerprint density at radius 3 is 2.25 bits per heavy atom. The highest BCUT2D eigenvalue weighted by Gasteiger charge is 2.27. The van der Waals surface area contributed by atoms with Crippen LogP contribution in [0.5, 0.6) is 17.2 Å². The Morgan fingerprint density at radius 2 is 1.70 bits per heavy atom. The zero-order chi connectivity index (χ0) is 14.5. The first-order chi connectivity index (χ1) is 9.72. The molecule has 1 saturated heterocycles. The van der Waals surface area contributed by atoms with E-state index in [1.165, 1.54) is 7.11 Å². The number of piperidine rings is 1. The van der Waals surface area contributed by atoms with Crippen LogP contribution in [0.3, 0.4) is 0 Å². The van der Waals surface area contributed by atoms with E-state index in [-0.39, 0.29) is 11.7 Å². The van der Waals surface area contributed by atoms with Crippen molar-refractivity contribution in [3.05, 3.63) is 17.7 Å². The number of hydrogen-bond acceptors (Lipinski definition) is 5. The van der Waals surface area contributed by atoms with Gasteiger partial charge >= 0.3 is 0 Å². The number of carbonyl (C=O) groups is 1. The van der Waals surface area contributed by atoms with Gasteiger partial charge < -0.3 is 19.5 Å². The lowest BCUT2D eigenvalue weighted by Gasteiger charge is -2.23. The molecule has 110 valence electrons. The molecule has 1 fully saturated rings. The molecule has 1 aromatic rings. The largest absolute Gasteiger partial charge is 0.493 e. The molecule has 1 aliphatic heterocycles. The molecule has 0 atom stereocenters. The van der Waals surface area contributed by atoms with Gasteiger partial charge in [0, 0.05) is 5.92 Å². The molecule has 0 unspecified atom stereocenters. The third-order valence-electron chi connectivity index (χ3n) is 3.68. The van der Waals surface area contributed by atoms with E-state index in [1.807, 2.05) is 0 Å². The van der Waals surface area contributed by atoms with Gasteiger partial charge in [-0.25, -0.2) is 0 Å². The number of ether oxygens (including phenoxy) is 3. The van der Waals surface area contributed by atoms with E-state index < -0.39 is 0 Å². The zero-order valence-corrected chi connectivity index (χ0v) is 12.2. The van der Waals surface area contributed by atoms with Gasteiger partial charge in [0.2, 0.25) is 5.75 Å². The van der Waals surface area contributed by atoms with Crippen molar-refractivity contribution in [1.82, 2.24) is 5.32 Å². The van der Waals surface area contributed by atoms with Crippen LogP contribution < -0.4 is 19.5 Å². The Kier molecular flexibility index (Phi) is 4.84. The molecule has 0 radical (unpaired) electrons. The molecule has 0 aliphatic carbocycles. The van der Waals surface area contributed by atoms with Crippen molar-refractivity contribution in [1.29, 1.82) is 0 Å². The number of benzene rings is 1. The summed E-state index contributed by atoms with van der Waals surface area (Å²) >= 11 is 0. The summed E-state index contributed by atoms with van der Waals surface area (Å²) in [5, 5.41) is 3.26. The third-order valence-corrected chi connectivity index (χ3v) is 3.68. The number of Topliss-reactive ketones (excluding diaryl/α,β-unsaturated/α-hetero) is 1. The fourth-order valence-corrected chi connectivity index (χ4v) is 2.60. The van der Waals surface area contributed by atoms with Crippen molar-refractivity contribution < 1.29 is 19.0 Å². The van der Waals surface area contributed by atoms with Crippen LogP contribution in [-0.4, -0.2) is 40.2 Å². The van der Waals surface area contributed by atoms with Crippen LogP contribution in [-0.2, 0) is 0 Å². The third kappa shape index (κ3) is 2.72. The minimum absolute atomic E-state index is 0.0447. The molecule has 0 aromatic heterocycles. The molecule has 5 heteroatoms. The monoisotopic (exact) mass is 279 g/mol. The number of methoxy groups -OCH3 is 3. The molecule has 0 bridgehead atoms. The first-order valence-corrected chi connectivity index (χ1v) is 6.76. The summed E-state index contributed by atoms with van der Waals surface area (Å²) in [6, 6.07) is 3.50. The molecule has 1 N–H and O–H groups in total. The fraction of sp³-hybridized carbons (Fsp3) is 0.533. The Morgan fingerprint density at radius 1 is 1.05 bits per heavy atom. The van der Waals surface area contributed by atoms with Gasteiger partial charge in [-0.15, -0.1) is 0 Å². The highest BCUT2D eigenvalue weighted by molar-refractivity contribution is 6.01. The van der Waals surface area contributed by atoms with Crippen LogP contribution in [0.25, 0.3) is 0 Å². The molecule has 0 spiro atoms. The van der Waals surface area contributed by atoms with E-state index in [2.05, 4.69) is 5.32 Å². The van der Waals surface area contributed by atoms with Crippen molar-refractivity contribution in [2.45, 2.75) is 12.8 Å². The summed E-state index contributed by atoms with van der Waals surface area (Å²) in [4.78, 5) is 12.6. The van der Waals surface area contributed by atoms with Gasteiger partial charge in [0.1, 0.15) is 0 Å². The van der Waals surface area contributed by atoms with E-state index in [9.17, 15) is 4.79 Å². The Bertz CT molecular complexity index is 481. The minimum Gasteiger partial charge on any atom is -0.493 e. The maximum absolute atomic E-state index is 12.6. The Balaban J connectivity index is 2.37. The van der Waals surface area contributed by atoms with Gasteiger partial charge in [0.05, 0.1) is 26.9 Å². The maximum Gasteiger partial charge on any atom is 0.204 e. The van der Waals surface area contributed by atoms with Crippen molar-refractivity contribution >= 4 is 5.78 Å². The summed E-state index contributed by atoms with van der Waals surface area (Å²) in [6.07, 6.45) is 1.71. The number of nitrogens with one attached hydrogen (secondary N) is 1. The average Bonchev–Trinajstić information content (AvgIpc) is 2.53. The van der Waals surface area contributed by atoms with Crippen LogP contribution in [0, 0.1) is 5.92 Å². The van der Waals surface area contributed by atoms with E-state index in [0.29, 0.717) is 22.8 Å². The second-order valence-corrected chi connectivity index (χ2v) is 4.77. The lowest BCUT2D eigenvalue weighted by Crippen LogP contribution is -2.32. The summed E-state index contributed by atoms with van der Waals surface area (Å²) in [6.45, 7) is 1.76. The highest BCUT2D eigenvalue weighted by Crippen LogP contribution is 2.41. The normalized spacial score (nSPS) is 15.8. The van der Waals surface area contributed by atoms with E-state index in [4.69, 9.17) is 14.2 Å². The lowest BCUT2D eigenvalue weighted by atomic mass is 9.89. The Hall–Kier alpha value is -1.75. The Labute approximate surface area is 119 Å². The first-order valence-electron chi connectivity index (χ1n) is 6.76. The molecular weight excluding hydrogens is 258 g/mol. The number of hydrogen-bond donors (Lipinski definition) is 1. The predicted octanol–water partition coefficient (Wildman–Crippen LogP) is 1.89. The van der Waals surface area contributed by atoms with Crippen LogP contribution in [0.15, 0.2) is 12.1 Å². The average molecular weight is 279 g/mol. The SMILES string of the molecule is COc1ccc(C(=O)C2CCNCC2)c(OC)c1OC. The van der Waals surface area contributed by atoms with Gasteiger partial charge in [-0.2, -0.15) is 0 Å². The fourth-order valence-electron chi connectivity index (χ4n) is 2.60. The van der Waals surface area contributed by atoms with Crippen molar-refractivity contribution in [3.8, 4) is 17.2 Å². The second-order valence-electron chi connectivity index (χ2n) is 4.77. The number of rotatable bonds is 5. The smallest absolute Gasteiger partial charge is 0.204 e. The summed E-state index contributed by atoms with van der Waals surface area (Å²) in [5.41, 5.74) is 0.567. The molecule has 1 aliphatic rings. The molecule has 1 heterocycles. The minimum atomic E-state index is 0.0447. The topological polar surface area (TPSA) is 56.8 Å². The van der Waals surface area contributed by atoms with Crippen LogP contribution in [0.2, 0.25) is 0 Å². The van der Waals surface area contributed by atoms with Crippen LogP contribution in [0.1, 0.15) is 23.2 Å². The van der Waals surface area contributed by atoms with Crippen LogP contribution in [0.4, 0.5) is 0 Å². The van der Waals surface area contributed by atoms with Crippen molar-refractivity contribution in [2.75, 3.05) is 34.4 Å². The van der Waals surface area contributed by atoms with Gasteiger partial charge in [-0.1, -0.05) is 0 Å². The van der Waals surface area contributed by atoms with E-state index in [1.54, 1.807) is 26.4 Å². The van der Waals surface area contributed by atoms with Crippen molar-refractivity contribution in [3.63, 3.8) is 0 Å². The molecule has 0 saturated carbocycles. The first kappa shape index (κ1) is 14.7. The summed E-state index contributed by atoms with van der Waals surface area (Å²) < 4.78 is 15.9. The molecule has 5 nitrogen and oxygen atoms in total. The zero-order valence-electron chi connectivity index (χ0n) is 12.2. The van der Waals surface area contributed by atoms with Gasteiger partial charge in [-0.05, 0) is 38.1 Å². The van der Waals surface area contributed by atoms with Gasteiger partial charge in [0.25, 0.3) is 0 Å². The van der Waals surface area contributed by atoms with Gasteiger partial charge in [0.15, 0.2) is 17.3 Å².